The number of aromatic nitrogens is 4. The molecule has 0 aromatic carbocycles. The third-order valence-corrected chi connectivity index (χ3v) is 5.03. The molecule has 0 bridgehead atoms. The summed E-state index contributed by atoms with van der Waals surface area (Å²) < 4.78 is 50.6. The molecule has 1 atom stereocenters. The molecule has 1 saturated carbocycles. The molecule has 0 radical (unpaired) electrons. The number of nitrogens with two attached hydrogens (primary N) is 1. The minimum Gasteiger partial charge on any atom is -0.370 e. The van der Waals surface area contributed by atoms with Gasteiger partial charge in [-0.2, -0.15) is 23.3 Å². The van der Waals surface area contributed by atoms with Crippen molar-refractivity contribution in [2.45, 2.75) is 49.5 Å². The van der Waals surface area contributed by atoms with E-state index in [1.807, 2.05) is 0 Å². The van der Waals surface area contributed by atoms with E-state index in [1.54, 1.807) is 0 Å². The first-order chi connectivity index (χ1) is 11.8. The molecule has 1 unspecified atom stereocenters. The topological polar surface area (TPSA) is 92.0 Å². The lowest BCUT2D eigenvalue weighted by Crippen LogP contribution is -2.43. The molecule has 25 heavy (non-hydrogen) atoms. The van der Waals surface area contributed by atoms with E-state index in [9.17, 15) is 13.2 Å². The predicted molar refractivity (Wildman–Crippen MR) is 79.4 cm³/mol. The second kappa shape index (κ2) is 5.53. The monoisotopic (exact) mass is 357 g/mol. The Morgan fingerprint density at radius 3 is 2.76 bits per heavy atom. The summed E-state index contributed by atoms with van der Waals surface area (Å²) in [5.41, 5.74) is 4.67. The van der Waals surface area contributed by atoms with E-state index in [1.165, 1.54) is 7.05 Å². The lowest BCUT2D eigenvalue weighted by Gasteiger charge is -2.43. The Balaban J connectivity index is 1.48. The number of ether oxygens (including phenoxy) is 1. The fourth-order valence-electron chi connectivity index (χ4n) is 3.69. The van der Waals surface area contributed by atoms with Crippen molar-refractivity contribution in [3.63, 3.8) is 0 Å². The average Bonchev–Trinajstić information content (AvgIpc) is 3.21. The molecule has 4 rings (SSSR count). The number of hydrogen-bond donors (Lipinski definition) is 1. The van der Waals surface area contributed by atoms with Gasteiger partial charge >= 0.3 is 6.18 Å². The average molecular weight is 357 g/mol. The normalized spacial score (nSPS) is 29.3. The highest BCUT2D eigenvalue weighted by molar-refractivity contribution is 5.50. The van der Waals surface area contributed by atoms with E-state index >= 15 is 0 Å². The summed E-state index contributed by atoms with van der Waals surface area (Å²) in [6.07, 6.45) is -0.956. The predicted octanol–water partition coefficient (Wildman–Crippen LogP) is 2.24. The second-order valence-electron chi connectivity index (χ2n) is 6.79. The maximum Gasteiger partial charge on any atom is 0.435 e. The van der Waals surface area contributed by atoms with Crippen LogP contribution in [0.5, 0.6) is 0 Å². The van der Waals surface area contributed by atoms with E-state index < -0.39 is 11.9 Å². The lowest BCUT2D eigenvalue weighted by molar-refractivity contribution is -0.141. The molecule has 3 heterocycles. The van der Waals surface area contributed by atoms with Crippen LogP contribution >= 0.6 is 0 Å². The van der Waals surface area contributed by atoms with Crippen LogP contribution in [0, 0.1) is 0 Å². The van der Waals surface area contributed by atoms with E-state index in [0.29, 0.717) is 12.4 Å². The molecule has 1 aliphatic heterocycles. The molecule has 2 aromatic heterocycles. The molecule has 2 fully saturated rings. The van der Waals surface area contributed by atoms with Crippen molar-refractivity contribution in [2.75, 3.05) is 6.54 Å². The fourth-order valence-corrected chi connectivity index (χ4v) is 3.69. The van der Waals surface area contributed by atoms with Crippen LogP contribution in [0.4, 0.5) is 13.2 Å². The third kappa shape index (κ3) is 2.82. The highest BCUT2D eigenvalue weighted by Gasteiger charge is 2.52. The van der Waals surface area contributed by atoms with Crippen molar-refractivity contribution in [3.05, 3.63) is 17.7 Å². The number of nitrogens with zero attached hydrogens (tertiary/aromatic N) is 4. The lowest BCUT2D eigenvalue weighted by atomic mass is 9.69. The number of rotatable bonds is 3. The van der Waals surface area contributed by atoms with Gasteiger partial charge in [-0.05, 0) is 31.7 Å². The molecule has 7 nitrogen and oxygen atoms in total. The first-order valence-electron chi connectivity index (χ1n) is 8.13. The Labute approximate surface area is 141 Å². The smallest absolute Gasteiger partial charge is 0.370 e. The van der Waals surface area contributed by atoms with Crippen LogP contribution in [0.2, 0.25) is 0 Å². The van der Waals surface area contributed by atoms with Crippen LogP contribution in [0.25, 0.3) is 11.5 Å². The second-order valence-corrected chi connectivity index (χ2v) is 6.79. The molecule has 0 amide bonds. The molecule has 1 aliphatic carbocycles. The van der Waals surface area contributed by atoms with E-state index in [0.717, 1.165) is 36.4 Å². The van der Waals surface area contributed by atoms with Gasteiger partial charge in [0, 0.05) is 19.5 Å². The maximum atomic E-state index is 12.8. The van der Waals surface area contributed by atoms with Crippen LogP contribution in [0.15, 0.2) is 10.6 Å². The molecular formula is C15H18F3N5O2. The SMILES string of the molecule is Cn1nc(C(F)(F)F)cc1-c1noc(C2CC3(CCC(CN)O3)C2)n1. The summed E-state index contributed by atoms with van der Waals surface area (Å²) in [4.78, 5) is 4.27. The van der Waals surface area contributed by atoms with Gasteiger partial charge in [0.1, 0.15) is 5.69 Å². The zero-order chi connectivity index (χ0) is 17.8. The molecular weight excluding hydrogens is 339 g/mol. The molecule has 2 aliphatic rings. The van der Waals surface area contributed by atoms with Crippen molar-refractivity contribution >= 4 is 0 Å². The molecule has 2 N–H and O–H groups in total. The van der Waals surface area contributed by atoms with Crippen molar-refractivity contribution in [2.24, 2.45) is 12.8 Å². The summed E-state index contributed by atoms with van der Waals surface area (Å²) >= 11 is 0. The maximum absolute atomic E-state index is 12.8. The van der Waals surface area contributed by atoms with Crippen molar-refractivity contribution in [1.82, 2.24) is 19.9 Å². The van der Waals surface area contributed by atoms with Crippen molar-refractivity contribution < 1.29 is 22.4 Å². The van der Waals surface area contributed by atoms with Gasteiger partial charge in [0.25, 0.3) is 0 Å². The molecule has 136 valence electrons. The molecule has 2 aromatic rings. The number of hydrogen-bond acceptors (Lipinski definition) is 6. The summed E-state index contributed by atoms with van der Waals surface area (Å²) in [7, 11) is 1.41. The van der Waals surface area contributed by atoms with Gasteiger partial charge in [-0.3, -0.25) is 4.68 Å². The van der Waals surface area contributed by atoms with E-state index in [4.69, 9.17) is 15.0 Å². The number of aryl methyl sites for hydroxylation is 1. The highest BCUT2D eigenvalue weighted by atomic mass is 19.4. The van der Waals surface area contributed by atoms with Crippen LogP contribution < -0.4 is 5.73 Å². The summed E-state index contributed by atoms with van der Waals surface area (Å²) in [6.45, 7) is 0.513. The zero-order valence-corrected chi connectivity index (χ0v) is 13.6. The van der Waals surface area contributed by atoms with Crippen LogP contribution in [0.3, 0.4) is 0 Å². The van der Waals surface area contributed by atoms with Crippen molar-refractivity contribution in [1.29, 1.82) is 0 Å². The van der Waals surface area contributed by atoms with Gasteiger partial charge in [-0.25, -0.2) is 0 Å². The van der Waals surface area contributed by atoms with Crippen LogP contribution in [0.1, 0.15) is 43.2 Å². The van der Waals surface area contributed by atoms with Gasteiger partial charge in [-0.15, -0.1) is 0 Å². The Bertz CT molecular complexity index is 778. The number of halogens is 3. The first kappa shape index (κ1) is 16.5. The Hall–Kier alpha value is -1.94. The van der Waals surface area contributed by atoms with E-state index in [2.05, 4.69) is 15.2 Å². The third-order valence-electron chi connectivity index (χ3n) is 5.03. The summed E-state index contributed by atoms with van der Waals surface area (Å²) in [5, 5.41) is 7.28. The first-order valence-corrected chi connectivity index (χ1v) is 8.13. The van der Waals surface area contributed by atoms with Gasteiger partial charge in [0.15, 0.2) is 5.69 Å². The van der Waals surface area contributed by atoms with Gasteiger partial charge in [-0.1, -0.05) is 5.16 Å². The van der Waals surface area contributed by atoms with Crippen LogP contribution in [-0.2, 0) is 18.0 Å². The minimum absolute atomic E-state index is 0.0630. The van der Waals surface area contributed by atoms with Gasteiger partial charge in [0.2, 0.25) is 11.7 Å². The standard InChI is InChI=1S/C15H18F3N5O2/c1-23-10(4-11(21-23)15(16,17)18)12-20-13(25-22-12)8-5-14(6-8)3-2-9(7-19)24-14/h4,8-9H,2-3,5-7,19H2,1H3. The van der Waals surface area contributed by atoms with Crippen molar-refractivity contribution in [3.8, 4) is 11.5 Å². The molecule has 10 heteroatoms. The van der Waals surface area contributed by atoms with Crippen LogP contribution in [-0.4, -0.2) is 38.2 Å². The highest BCUT2D eigenvalue weighted by Crippen LogP contribution is 2.53. The summed E-state index contributed by atoms with van der Waals surface area (Å²) in [5.74, 6) is 0.594. The van der Waals surface area contributed by atoms with Gasteiger partial charge in [0.05, 0.1) is 11.7 Å². The van der Waals surface area contributed by atoms with E-state index in [-0.39, 0.29) is 29.1 Å². The Morgan fingerprint density at radius 1 is 1.40 bits per heavy atom. The number of alkyl halides is 3. The quantitative estimate of drug-likeness (QED) is 0.906. The summed E-state index contributed by atoms with van der Waals surface area (Å²) in [6, 6.07) is 0.919. The minimum atomic E-state index is -4.51. The van der Waals surface area contributed by atoms with Gasteiger partial charge < -0.3 is 15.0 Å². The Kier molecular flexibility index (Phi) is 3.66. The fraction of sp³-hybridized carbons (Fsp3) is 0.667. The zero-order valence-electron chi connectivity index (χ0n) is 13.6. The molecule has 1 saturated heterocycles. The Morgan fingerprint density at radius 2 is 2.16 bits per heavy atom. The molecule has 1 spiro atoms. The largest absolute Gasteiger partial charge is 0.435 e.